The molecule has 0 saturated heterocycles. The third-order valence-electron chi connectivity index (χ3n) is 6.03. The highest BCUT2D eigenvalue weighted by Gasteiger charge is 2.15. The predicted molar refractivity (Wildman–Crippen MR) is 125 cm³/mol. The standard InChI is InChI=1S/C24H50O4S/c1-24(29(26,27)28)22-20-18-16-14-12-10-8-6-4-2-3-5-7-9-11-13-15-17-19-21-23-25/h24-25H,2-23H2,1H3,(H,26,27,28). The average Bonchev–Trinajstić information content (AvgIpc) is 2.68. The number of aliphatic hydroxyl groups is 1. The van der Waals surface area contributed by atoms with Crippen LogP contribution in [0, 0.1) is 0 Å². The fourth-order valence-corrected chi connectivity index (χ4v) is 4.34. The van der Waals surface area contributed by atoms with Gasteiger partial charge in [-0.2, -0.15) is 8.42 Å². The lowest BCUT2D eigenvalue weighted by molar-refractivity contribution is 0.282. The summed E-state index contributed by atoms with van der Waals surface area (Å²) in [6, 6.07) is 0. The van der Waals surface area contributed by atoms with E-state index in [-0.39, 0.29) is 0 Å². The van der Waals surface area contributed by atoms with Gasteiger partial charge >= 0.3 is 0 Å². The van der Waals surface area contributed by atoms with Crippen LogP contribution in [-0.4, -0.2) is 29.9 Å². The Kier molecular flexibility index (Phi) is 21.0. The van der Waals surface area contributed by atoms with Crippen molar-refractivity contribution in [2.75, 3.05) is 6.61 Å². The Hall–Kier alpha value is -0.130. The van der Waals surface area contributed by atoms with Crippen molar-refractivity contribution in [1.29, 1.82) is 0 Å². The third-order valence-corrected chi connectivity index (χ3v) is 7.28. The largest absolute Gasteiger partial charge is 0.396 e. The van der Waals surface area contributed by atoms with Crippen LogP contribution < -0.4 is 0 Å². The van der Waals surface area contributed by atoms with Gasteiger partial charge in [-0.3, -0.25) is 4.55 Å². The van der Waals surface area contributed by atoms with E-state index in [4.69, 9.17) is 9.66 Å². The molecule has 0 radical (unpaired) electrons. The van der Waals surface area contributed by atoms with E-state index < -0.39 is 15.4 Å². The number of hydrogen-bond donors (Lipinski definition) is 2. The molecule has 5 heteroatoms. The molecule has 1 unspecified atom stereocenters. The summed E-state index contributed by atoms with van der Waals surface area (Å²) in [5, 5.41) is 8.11. The van der Waals surface area contributed by atoms with E-state index in [0.717, 1.165) is 19.3 Å². The van der Waals surface area contributed by atoms with E-state index in [1.807, 2.05) is 0 Å². The molecule has 0 rings (SSSR count). The number of unbranched alkanes of at least 4 members (excludes halogenated alkanes) is 19. The molecule has 0 aromatic rings. The van der Waals surface area contributed by atoms with Gasteiger partial charge in [0.25, 0.3) is 10.1 Å². The van der Waals surface area contributed by atoms with Gasteiger partial charge in [0, 0.05) is 6.61 Å². The summed E-state index contributed by atoms with van der Waals surface area (Å²) >= 11 is 0. The molecule has 0 aliphatic rings. The molecule has 0 bridgehead atoms. The first-order valence-corrected chi connectivity index (χ1v) is 14.1. The van der Waals surface area contributed by atoms with Crippen molar-refractivity contribution in [2.24, 2.45) is 0 Å². The molecular weight excluding hydrogens is 384 g/mol. The van der Waals surface area contributed by atoms with Crippen molar-refractivity contribution in [1.82, 2.24) is 0 Å². The van der Waals surface area contributed by atoms with E-state index in [1.54, 1.807) is 6.92 Å². The van der Waals surface area contributed by atoms with Crippen molar-refractivity contribution < 1.29 is 18.1 Å². The summed E-state index contributed by atoms with van der Waals surface area (Å²) in [6.07, 6.45) is 26.3. The summed E-state index contributed by atoms with van der Waals surface area (Å²) in [5.74, 6) is 0. The highest BCUT2D eigenvalue weighted by molar-refractivity contribution is 7.86. The van der Waals surface area contributed by atoms with Gasteiger partial charge in [-0.25, -0.2) is 0 Å². The van der Waals surface area contributed by atoms with Crippen molar-refractivity contribution in [3.8, 4) is 0 Å². The van der Waals surface area contributed by atoms with Crippen molar-refractivity contribution in [3.05, 3.63) is 0 Å². The summed E-state index contributed by atoms with van der Waals surface area (Å²) in [4.78, 5) is 0. The predicted octanol–water partition coefficient (Wildman–Crippen LogP) is 7.45. The Morgan fingerprint density at radius 3 is 1.00 bits per heavy atom. The lowest BCUT2D eigenvalue weighted by Gasteiger charge is -2.07. The highest BCUT2D eigenvalue weighted by Crippen LogP contribution is 2.16. The molecule has 176 valence electrons. The molecule has 0 aliphatic carbocycles. The first-order chi connectivity index (χ1) is 14.0. The van der Waals surface area contributed by atoms with Crippen LogP contribution in [0.2, 0.25) is 0 Å². The van der Waals surface area contributed by atoms with Crippen LogP contribution in [0.25, 0.3) is 0 Å². The Balaban J connectivity index is 3.10. The van der Waals surface area contributed by atoms with E-state index in [1.165, 1.54) is 109 Å². The SMILES string of the molecule is CC(CCCCCCCCCCCCCCCCCCCCCCO)S(=O)(=O)O. The van der Waals surface area contributed by atoms with Crippen molar-refractivity contribution >= 4 is 10.1 Å². The van der Waals surface area contributed by atoms with Crippen LogP contribution in [0.3, 0.4) is 0 Å². The smallest absolute Gasteiger partial charge is 0.267 e. The maximum absolute atomic E-state index is 10.9. The zero-order chi connectivity index (χ0) is 21.6. The molecule has 0 spiro atoms. The Morgan fingerprint density at radius 1 is 0.517 bits per heavy atom. The molecule has 0 aromatic carbocycles. The quantitative estimate of drug-likeness (QED) is 0.129. The molecule has 0 fully saturated rings. The van der Waals surface area contributed by atoms with Gasteiger partial charge in [0.15, 0.2) is 0 Å². The second-order valence-electron chi connectivity index (χ2n) is 8.91. The first-order valence-electron chi connectivity index (χ1n) is 12.6. The number of rotatable bonds is 23. The van der Waals surface area contributed by atoms with E-state index in [0.29, 0.717) is 13.0 Å². The van der Waals surface area contributed by atoms with Crippen LogP contribution in [0.15, 0.2) is 0 Å². The topological polar surface area (TPSA) is 74.6 Å². The molecule has 29 heavy (non-hydrogen) atoms. The minimum atomic E-state index is -3.84. The van der Waals surface area contributed by atoms with Crippen LogP contribution in [0.4, 0.5) is 0 Å². The van der Waals surface area contributed by atoms with Crippen molar-refractivity contribution in [2.45, 2.75) is 147 Å². The Bertz CT molecular complexity index is 423. The zero-order valence-electron chi connectivity index (χ0n) is 19.3. The second-order valence-corrected chi connectivity index (χ2v) is 10.7. The molecule has 0 saturated carbocycles. The lowest BCUT2D eigenvalue weighted by Crippen LogP contribution is -2.16. The van der Waals surface area contributed by atoms with Crippen LogP contribution in [-0.2, 0) is 10.1 Å². The van der Waals surface area contributed by atoms with Gasteiger partial charge in [0.05, 0.1) is 5.25 Å². The van der Waals surface area contributed by atoms with Gasteiger partial charge in [-0.15, -0.1) is 0 Å². The number of aliphatic hydroxyl groups excluding tert-OH is 1. The van der Waals surface area contributed by atoms with Gasteiger partial charge in [0.2, 0.25) is 0 Å². The average molecular weight is 435 g/mol. The van der Waals surface area contributed by atoms with Crippen molar-refractivity contribution in [3.63, 3.8) is 0 Å². The summed E-state index contributed by atoms with van der Waals surface area (Å²) in [5.41, 5.74) is 0. The fraction of sp³-hybridized carbons (Fsp3) is 1.00. The minimum absolute atomic E-state index is 0.351. The second kappa shape index (κ2) is 21.1. The lowest BCUT2D eigenvalue weighted by atomic mass is 10.0. The van der Waals surface area contributed by atoms with E-state index in [9.17, 15) is 8.42 Å². The third kappa shape index (κ3) is 22.4. The summed E-state index contributed by atoms with van der Waals surface area (Å²) in [6.45, 7) is 1.93. The maximum Gasteiger partial charge on any atom is 0.267 e. The normalized spacial score (nSPS) is 13.1. The molecule has 2 N–H and O–H groups in total. The summed E-state index contributed by atoms with van der Waals surface area (Å²) in [7, 11) is -3.84. The molecule has 0 aromatic heterocycles. The maximum atomic E-state index is 10.9. The van der Waals surface area contributed by atoms with Gasteiger partial charge in [-0.1, -0.05) is 122 Å². The summed E-state index contributed by atoms with van der Waals surface area (Å²) < 4.78 is 30.8. The molecule has 1 atom stereocenters. The van der Waals surface area contributed by atoms with Gasteiger partial charge in [-0.05, 0) is 19.8 Å². The van der Waals surface area contributed by atoms with Crippen LogP contribution in [0.1, 0.15) is 142 Å². The van der Waals surface area contributed by atoms with E-state index >= 15 is 0 Å². The monoisotopic (exact) mass is 434 g/mol. The Morgan fingerprint density at radius 2 is 0.759 bits per heavy atom. The van der Waals surface area contributed by atoms with Gasteiger partial charge in [0.1, 0.15) is 0 Å². The molecule has 0 amide bonds. The number of hydrogen-bond acceptors (Lipinski definition) is 3. The minimum Gasteiger partial charge on any atom is -0.396 e. The molecule has 0 heterocycles. The first kappa shape index (κ1) is 28.9. The highest BCUT2D eigenvalue weighted by atomic mass is 32.2. The Labute approximate surface area is 182 Å². The van der Waals surface area contributed by atoms with Crippen LogP contribution in [0.5, 0.6) is 0 Å². The fourth-order valence-electron chi connectivity index (χ4n) is 3.87. The molecular formula is C24H50O4S. The zero-order valence-corrected chi connectivity index (χ0v) is 20.1. The molecule has 4 nitrogen and oxygen atoms in total. The molecule has 0 aliphatic heterocycles. The van der Waals surface area contributed by atoms with Crippen LogP contribution >= 0.6 is 0 Å². The van der Waals surface area contributed by atoms with E-state index in [2.05, 4.69) is 0 Å². The van der Waals surface area contributed by atoms with Gasteiger partial charge < -0.3 is 5.11 Å².